The molecule has 0 unspecified atom stereocenters. The van der Waals surface area contributed by atoms with E-state index in [4.69, 9.17) is 9.47 Å². The van der Waals surface area contributed by atoms with Crippen molar-refractivity contribution in [1.82, 2.24) is 10.2 Å². The maximum atomic E-state index is 13.2. The number of amides is 2. The summed E-state index contributed by atoms with van der Waals surface area (Å²) >= 11 is 0. The second-order valence-electron chi connectivity index (χ2n) is 7.14. The lowest BCUT2D eigenvalue weighted by Gasteiger charge is -2.34. The van der Waals surface area contributed by atoms with Crippen molar-refractivity contribution in [3.63, 3.8) is 0 Å². The fraction of sp³-hybridized carbons (Fsp3) is 0.591. The van der Waals surface area contributed by atoms with Crippen molar-refractivity contribution in [2.24, 2.45) is 0 Å². The fourth-order valence-corrected chi connectivity index (χ4v) is 3.23. The van der Waals surface area contributed by atoms with E-state index in [0.717, 1.165) is 25.7 Å². The van der Waals surface area contributed by atoms with Crippen LogP contribution in [0.4, 0.5) is 0 Å². The van der Waals surface area contributed by atoms with E-state index in [1.807, 2.05) is 13.0 Å². The summed E-state index contributed by atoms with van der Waals surface area (Å²) < 4.78 is 11.0. The van der Waals surface area contributed by atoms with Gasteiger partial charge in [-0.2, -0.15) is 0 Å². The van der Waals surface area contributed by atoms with Crippen molar-refractivity contribution in [3.8, 4) is 5.75 Å². The van der Waals surface area contributed by atoms with Crippen molar-refractivity contribution < 1.29 is 23.9 Å². The number of nitrogens with zero attached hydrogens (tertiary/aromatic N) is 1. The molecule has 1 aromatic carbocycles. The van der Waals surface area contributed by atoms with Crippen LogP contribution in [-0.4, -0.2) is 55.0 Å². The van der Waals surface area contributed by atoms with Gasteiger partial charge in [0.15, 0.2) is 0 Å². The van der Waals surface area contributed by atoms with Crippen LogP contribution >= 0.6 is 0 Å². The van der Waals surface area contributed by atoms with E-state index in [-0.39, 0.29) is 18.2 Å². The molecule has 0 bridgehead atoms. The first kappa shape index (κ1) is 22.7. The Hall–Kier alpha value is -2.57. The molecule has 0 spiro atoms. The Labute approximate surface area is 172 Å². The summed E-state index contributed by atoms with van der Waals surface area (Å²) in [6.45, 7) is 5.58. The standard InChI is InChI=1S/C22H32N2O5/c1-3-5-6-9-15-28-19-11-8-7-10-17(19)22(27)24-13-12-23-21(26)18(24)16-20(25)29-14-4-2/h7-8,10-11,18H,3-6,9,12-16H2,1-2H3,(H,23,26)/t18-/m1/s1. The Balaban J connectivity index is 2.09. The van der Waals surface area contributed by atoms with E-state index in [2.05, 4.69) is 12.2 Å². The Bertz CT molecular complexity index is 692. The number of para-hydroxylation sites is 1. The van der Waals surface area contributed by atoms with Crippen molar-refractivity contribution in [3.05, 3.63) is 29.8 Å². The minimum absolute atomic E-state index is 0.155. The number of ether oxygens (including phenoxy) is 2. The summed E-state index contributed by atoms with van der Waals surface area (Å²) in [5, 5.41) is 2.73. The molecule has 2 rings (SSSR count). The van der Waals surface area contributed by atoms with Crippen LogP contribution in [0.2, 0.25) is 0 Å². The fourth-order valence-electron chi connectivity index (χ4n) is 3.23. The van der Waals surface area contributed by atoms with Gasteiger partial charge in [0, 0.05) is 13.1 Å². The number of esters is 1. The number of rotatable bonds is 11. The van der Waals surface area contributed by atoms with E-state index in [9.17, 15) is 14.4 Å². The van der Waals surface area contributed by atoms with Crippen LogP contribution in [0.15, 0.2) is 24.3 Å². The number of hydrogen-bond donors (Lipinski definition) is 1. The number of carbonyl (C=O) groups is 3. The SMILES string of the molecule is CCCCCCOc1ccccc1C(=O)N1CCNC(=O)[C@H]1CC(=O)OCCC. The van der Waals surface area contributed by atoms with Gasteiger partial charge in [0.25, 0.3) is 5.91 Å². The maximum Gasteiger partial charge on any atom is 0.308 e. The van der Waals surface area contributed by atoms with Crippen molar-refractivity contribution in [2.45, 2.75) is 58.4 Å². The van der Waals surface area contributed by atoms with Gasteiger partial charge in [0.2, 0.25) is 5.91 Å². The number of unbranched alkanes of at least 4 members (excludes halogenated alkanes) is 3. The number of hydrogen-bond acceptors (Lipinski definition) is 5. The second-order valence-corrected chi connectivity index (χ2v) is 7.14. The average molecular weight is 405 g/mol. The molecule has 1 aromatic rings. The van der Waals surface area contributed by atoms with Gasteiger partial charge in [0.05, 0.1) is 25.2 Å². The zero-order valence-electron chi connectivity index (χ0n) is 17.4. The molecular weight excluding hydrogens is 372 g/mol. The Morgan fingerprint density at radius 2 is 1.90 bits per heavy atom. The van der Waals surface area contributed by atoms with Crippen molar-refractivity contribution in [2.75, 3.05) is 26.3 Å². The molecule has 0 saturated carbocycles. The van der Waals surface area contributed by atoms with Gasteiger partial charge in [-0.15, -0.1) is 0 Å². The summed E-state index contributed by atoms with van der Waals surface area (Å²) in [5.74, 6) is -0.618. The molecule has 1 atom stereocenters. The Morgan fingerprint density at radius 3 is 2.66 bits per heavy atom. The van der Waals surface area contributed by atoms with Crippen LogP contribution in [0.3, 0.4) is 0 Å². The van der Waals surface area contributed by atoms with Gasteiger partial charge >= 0.3 is 5.97 Å². The maximum absolute atomic E-state index is 13.2. The zero-order chi connectivity index (χ0) is 21.1. The summed E-state index contributed by atoms with van der Waals surface area (Å²) in [7, 11) is 0. The van der Waals surface area contributed by atoms with Crippen LogP contribution in [0.25, 0.3) is 0 Å². The van der Waals surface area contributed by atoms with E-state index >= 15 is 0 Å². The van der Waals surface area contributed by atoms with Gasteiger partial charge in [-0.3, -0.25) is 14.4 Å². The first-order chi connectivity index (χ1) is 14.1. The number of nitrogens with one attached hydrogen (secondary N) is 1. The van der Waals surface area contributed by atoms with Crippen LogP contribution in [-0.2, 0) is 14.3 Å². The van der Waals surface area contributed by atoms with Gasteiger partial charge < -0.3 is 19.7 Å². The monoisotopic (exact) mass is 404 g/mol. The summed E-state index contributed by atoms with van der Waals surface area (Å²) in [6, 6.07) is 6.18. The Morgan fingerprint density at radius 1 is 1.10 bits per heavy atom. The second kappa shape index (κ2) is 12.1. The molecule has 0 aromatic heterocycles. The van der Waals surface area contributed by atoms with Crippen LogP contribution < -0.4 is 10.1 Å². The minimum atomic E-state index is -0.877. The van der Waals surface area contributed by atoms with Crippen LogP contribution in [0.5, 0.6) is 5.75 Å². The lowest BCUT2D eigenvalue weighted by molar-refractivity contribution is -0.147. The molecule has 1 fully saturated rings. The average Bonchev–Trinajstić information content (AvgIpc) is 2.73. The lowest BCUT2D eigenvalue weighted by Crippen LogP contribution is -2.57. The zero-order valence-corrected chi connectivity index (χ0v) is 17.4. The van der Waals surface area contributed by atoms with Crippen LogP contribution in [0.1, 0.15) is 62.7 Å². The first-order valence-corrected chi connectivity index (χ1v) is 10.5. The topological polar surface area (TPSA) is 84.9 Å². The molecule has 1 N–H and O–H groups in total. The summed E-state index contributed by atoms with van der Waals surface area (Å²) in [6.07, 6.45) is 4.86. The third kappa shape index (κ3) is 6.76. The Kier molecular flexibility index (Phi) is 9.47. The van der Waals surface area contributed by atoms with E-state index in [0.29, 0.717) is 44.0 Å². The third-order valence-corrected chi connectivity index (χ3v) is 4.79. The number of piperazine rings is 1. The highest BCUT2D eigenvalue weighted by Gasteiger charge is 2.36. The highest BCUT2D eigenvalue weighted by atomic mass is 16.5. The molecule has 1 aliphatic heterocycles. The van der Waals surface area contributed by atoms with Gasteiger partial charge in [-0.25, -0.2) is 0 Å². The minimum Gasteiger partial charge on any atom is -0.493 e. The number of carbonyl (C=O) groups excluding carboxylic acids is 3. The van der Waals surface area contributed by atoms with Crippen molar-refractivity contribution in [1.29, 1.82) is 0 Å². The molecule has 0 aliphatic carbocycles. The van der Waals surface area contributed by atoms with Gasteiger partial charge in [-0.05, 0) is 25.0 Å². The molecule has 7 nitrogen and oxygen atoms in total. The van der Waals surface area contributed by atoms with E-state index < -0.39 is 12.0 Å². The third-order valence-electron chi connectivity index (χ3n) is 4.79. The number of benzene rings is 1. The first-order valence-electron chi connectivity index (χ1n) is 10.5. The van der Waals surface area contributed by atoms with Crippen molar-refractivity contribution >= 4 is 17.8 Å². The molecule has 29 heavy (non-hydrogen) atoms. The van der Waals surface area contributed by atoms with Gasteiger partial charge in [-0.1, -0.05) is 45.2 Å². The normalized spacial score (nSPS) is 16.3. The molecule has 1 saturated heterocycles. The van der Waals surface area contributed by atoms with Crippen LogP contribution in [0, 0.1) is 0 Å². The predicted octanol–water partition coefficient (Wildman–Crippen LogP) is 2.93. The molecular formula is C22H32N2O5. The van der Waals surface area contributed by atoms with Gasteiger partial charge in [0.1, 0.15) is 11.8 Å². The predicted molar refractivity (Wildman–Crippen MR) is 110 cm³/mol. The molecule has 160 valence electrons. The molecule has 0 radical (unpaired) electrons. The molecule has 1 aliphatic rings. The summed E-state index contributed by atoms with van der Waals surface area (Å²) in [5.41, 5.74) is 0.407. The largest absolute Gasteiger partial charge is 0.493 e. The molecule has 1 heterocycles. The quantitative estimate of drug-likeness (QED) is 0.453. The summed E-state index contributed by atoms with van der Waals surface area (Å²) in [4.78, 5) is 39.1. The van der Waals surface area contributed by atoms with E-state index in [1.54, 1.807) is 18.2 Å². The lowest BCUT2D eigenvalue weighted by atomic mass is 10.1. The molecule has 2 amide bonds. The highest BCUT2D eigenvalue weighted by molar-refractivity contribution is 6.01. The molecule has 7 heteroatoms. The van der Waals surface area contributed by atoms with E-state index in [1.165, 1.54) is 4.90 Å². The smallest absolute Gasteiger partial charge is 0.308 e. The highest BCUT2D eigenvalue weighted by Crippen LogP contribution is 2.23.